The van der Waals surface area contributed by atoms with Crippen LogP contribution in [0, 0.1) is 13.8 Å². The van der Waals surface area contributed by atoms with Gasteiger partial charge in [-0.15, -0.1) is 11.3 Å². The molecular formula is C18H18N2O2S. The Morgan fingerprint density at radius 3 is 2.87 bits per heavy atom. The van der Waals surface area contributed by atoms with Gasteiger partial charge in [-0.1, -0.05) is 23.8 Å². The highest BCUT2D eigenvalue weighted by Crippen LogP contribution is 2.25. The molecule has 2 heterocycles. The Balaban J connectivity index is 1.60. The summed E-state index contributed by atoms with van der Waals surface area (Å²) in [5.74, 6) is 1.39. The topological polar surface area (TPSA) is 55.1 Å². The first kappa shape index (κ1) is 15.5. The number of aromatic nitrogens is 1. The molecule has 118 valence electrons. The number of carbonyl (C=O) groups excluding carboxylic acids is 1. The number of nitrogens with one attached hydrogen (secondary N) is 1. The minimum atomic E-state index is -0.0617. The number of thiophene rings is 1. The van der Waals surface area contributed by atoms with Crippen LogP contribution in [0.1, 0.15) is 27.4 Å². The third-order valence-corrected chi connectivity index (χ3v) is 4.41. The summed E-state index contributed by atoms with van der Waals surface area (Å²) in [6.07, 6.45) is 0.651. The van der Waals surface area contributed by atoms with E-state index in [0.29, 0.717) is 24.4 Å². The second kappa shape index (κ2) is 6.79. The number of amides is 1. The maximum Gasteiger partial charge on any atom is 0.251 e. The van der Waals surface area contributed by atoms with Crippen molar-refractivity contribution in [3.05, 3.63) is 64.4 Å². The Hall–Kier alpha value is -2.40. The van der Waals surface area contributed by atoms with E-state index in [1.807, 2.05) is 55.6 Å². The molecule has 0 radical (unpaired) electrons. The van der Waals surface area contributed by atoms with E-state index in [4.69, 9.17) is 4.42 Å². The molecule has 3 rings (SSSR count). The molecule has 0 atom stereocenters. The zero-order valence-corrected chi connectivity index (χ0v) is 13.9. The summed E-state index contributed by atoms with van der Waals surface area (Å²) >= 11 is 1.60. The van der Waals surface area contributed by atoms with E-state index in [-0.39, 0.29) is 5.91 Å². The van der Waals surface area contributed by atoms with Gasteiger partial charge in [0.2, 0.25) is 5.89 Å². The SMILES string of the molecule is Cc1cccc(C(=O)NCCc2nc(-c3cccs3)oc2C)c1. The number of hydrogen-bond acceptors (Lipinski definition) is 4. The fourth-order valence-corrected chi connectivity index (χ4v) is 3.00. The lowest BCUT2D eigenvalue weighted by molar-refractivity contribution is 0.0954. The molecule has 0 bridgehead atoms. The summed E-state index contributed by atoms with van der Waals surface area (Å²) in [4.78, 5) is 17.7. The monoisotopic (exact) mass is 326 g/mol. The van der Waals surface area contributed by atoms with Gasteiger partial charge in [0.1, 0.15) is 5.76 Å². The molecule has 0 aliphatic carbocycles. The van der Waals surface area contributed by atoms with E-state index in [2.05, 4.69) is 10.3 Å². The maximum absolute atomic E-state index is 12.1. The fourth-order valence-electron chi connectivity index (χ4n) is 2.35. The lowest BCUT2D eigenvalue weighted by Gasteiger charge is -2.05. The molecule has 0 saturated heterocycles. The maximum atomic E-state index is 12.1. The summed E-state index contributed by atoms with van der Waals surface area (Å²) in [5, 5.41) is 4.92. The van der Waals surface area contributed by atoms with Crippen molar-refractivity contribution >= 4 is 17.2 Å². The highest BCUT2D eigenvalue weighted by atomic mass is 32.1. The van der Waals surface area contributed by atoms with Crippen molar-refractivity contribution in [3.8, 4) is 10.8 Å². The third kappa shape index (κ3) is 3.68. The fraction of sp³-hybridized carbons (Fsp3) is 0.222. The lowest BCUT2D eigenvalue weighted by Crippen LogP contribution is -2.25. The van der Waals surface area contributed by atoms with E-state index in [9.17, 15) is 4.79 Å². The smallest absolute Gasteiger partial charge is 0.251 e. The van der Waals surface area contributed by atoms with E-state index < -0.39 is 0 Å². The third-order valence-electron chi connectivity index (χ3n) is 3.55. The van der Waals surface area contributed by atoms with Gasteiger partial charge in [-0.2, -0.15) is 0 Å². The molecule has 0 aliphatic rings. The van der Waals surface area contributed by atoms with Crippen LogP contribution >= 0.6 is 11.3 Å². The average Bonchev–Trinajstić information content (AvgIpc) is 3.17. The zero-order valence-electron chi connectivity index (χ0n) is 13.1. The lowest BCUT2D eigenvalue weighted by atomic mass is 10.1. The Labute approximate surface area is 139 Å². The largest absolute Gasteiger partial charge is 0.440 e. The zero-order chi connectivity index (χ0) is 16.2. The van der Waals surface area contributed by atoms with Gasteiger partial charge in [0.15, 0.2) is 0 Å². The molecule has 23 heavy (non-hydrogen) atoms. The average molecular weight is 326 g/mol. The van der Waals surface area contributed by atoms with E-state index in [0.717, 1.165) is 21.9 Å². The second-order valence-corrected chi connectivity index (χ2v) is 6.32. The van der Waals surface area contributed by atoms with Crippen molar-refractivity contribution in [2.24, 2.45) is 0 Å². The van der Waals surface area contributed by atoms with Crippen LogP contribution in [-0.4, -0.2) is 17.4 Å². The highest BCUT2D eigenvalue weighted by Gasteiger charge is 2.12. The van der Waals surface area contributed by atoms with E-state index in [1.54, 1.807) is 11.3 Å². The van der Waals surface area contributed by atoms with Crippen molar-refractivity contribution in [1.29, 1.82) is 0 Å². The molecule has 2 aromatic heterocycles. The highest BCUT2D eigenvalue weighted by molar-refractivity contribution is 7.13. The van der Waals surface area contributed by atoms with Crippen molar-refractivity contribution in [3.63, 3.8) is 0 Å². The van der Waals surface area contributed by atoms with Crippen molar-refractivity contribution < 1.29 is 9.21 Å². The Morgan fingerprint density at radius 1 is 1.26 bits per heavy atom. The molecule has 0 aliphatic heterocycles. The number of benzene rings is 1. The number of aryl methyl sites for hydroxylation is 2. The second-order valence-electron chi connectivity index (χ2n) is 5.37. The van der Waals surface area contributed by atoms with Crippen LogP contribution in [-0.2, 0) is 6.42 Å². The quantitative estimate of drug-likeness (QED) is 0.771. The minimum Gasteiger partial charge on any atom is -0.440 e. The first-order valence-electron chi connectivity index (χ1n) is 7.48. The molecule has 0 saturated carbocycles. The van der Waals surface area contributed by atoms with Gasteiger partial charge in [0, 0.05) is 18.5 Å². The molecule has 1 amide bonds. The van der Waals surface area contributed by atoms with Crippen molar-refractivity contribution in [2.75, 3.05) is 6.54 Å². The minimum absolute atomic E-state index is 0.0617. The number of oxazole rings is 1. The van der Waals surface area contributed by atoms with Crippen LogP contribution in [0.25, 0.3) is 10.8 Å². The van der Waals surface area contributed by atoms with Crippen molar-refractivity contribution in [2.45, 2.75) is 20.3 Å². The van der Waals surface area contributed by atoms with Crippen LogP contribution in [0.2, 0.25) is 0 Å². The summed E-state index contributed by atoms with van der Waals surface area (Å²) in [5.41, 5.74) is 2.64. The van der Waals surface area contributed by atoms with Crippen LogP contribution < -0.4 is 5.32 Å². The summed E-state index contributed by atoms with van der Waals surface area (Å²) in [7, 11) is 0. The number of hydrogen-bond donors (Lipinski definition) is 1. The molecule has 1 N–H and O–H groups in total. The van der Waals surface area contributed by atoms with Crippen LogP contribution in [0.5, 0.6) is 0 Å². The van der Waals surface area contributed by atoms with E-state index in [1.165, 1.54) is 0 Å². The predicted octanol–water partition coefficient (Wildman–Crippen LogP) is 3.99. The summed E-state index contributed by atoms with van der Waals surface area (Å²) in [6, 6.07) is 11.5. The van der Waals surface area contributed by atoms with Gasteiger partial charge in [-0.05, 0) is 37.4 Å². The molecule has 0 fully saturated rings. The normalized spacial score (nSPS) is 10.7. The summed E-state index contributed by atoms with van der Waals surface area (Å²) < 4.78 is 5.70. The molecule has 0 spiro atoms. The van der Waals surface area contributed by atoms with Gasteiger partial charge < -0.3 is 9.73 Å². The van der Waals surface area contributed by atoms with Gasteiger partial charge >= 0.3 is 0 Å². The Bertz CT molecular complexity index is 806. The molecule has 5 heteroatoms. The standard InChI is InChI=1S/C18H18N2O2S/c1-12-5-3-6-14(11-12)17(21)19-9-8-15-13(2)22-18(20-15)16-7-4-10-23-16/h3-7,10-11H,8-9H2,1-2H3,(H,19,21). The van der Waals surface area contributed by atoms with Crippen molar-refractivity contribution in [1.82, 2.24) is 10.3 Å². The Kier molecular flexibility index (Phi) is 4.57. The number of nitrogens with zero attached hydrogens (tertiary/aromatic N) is 1. The van der Waals surface area contributed by atoms with E-state index >= 15 is 0 Å². The number of rotatable bonds is 5. The van der Waals surface area contributed by atoms with Crippen LogP contribution in [0.3, 0.4) is 0 Å². The molecule has 0 unspecified atom stereocenters. The number of carbonyl (C=O) groups is 1. The van der Waals surface area contributed by atoms with Gasteiger partial charge in [-0.25, -0.2) is 4.98 Å². The summed E-state index contributed by atoms with van der Waals surface area (Å²) in [6.45, 7) is 4.41. The molecule has 4 nitrogen and oxygen atoms in total. The molecular weight excluding hydrogens is 308 g/mol. The first-order chi connectivity index (χ1) is 11.1. The van der Waals surface area contributed by atoms with Crippen LogP contribution in [0.15, 0.2) is 46.2 Å². The van der Waals surface area contributed by atoms with Crippen LogP contribution in [0.4, 0.5) is 0 Å². The van der Waals surface area contributed by atoms with Gasteiger partial charge in [0.05, 0.1) is 10.6 Å². The first-order valence-corrected chi connectivity index (χ1v) is 8.36. The Morgan fingerprint density at radius 2 is 2.13 bits per heavy atom. The molecule has 3 aromatic rings. The van der Waals surface area contributed by atoms with Gasteiger partial charge in [-0.3, -0.25) is 4.79 Å². The predicted molar refractivity (Wildman–Crippen MR) is 91.8 cm³/mol. The molecule has 1 aromatic carbocycles. The van der Waals surface area contributed by atoms with Gasteiger partial charge in [0.25, 0.3) is 5.91 Å².